The molecule has 5 aromatic rings. The first-order chi connectivity index (χ1) is 16.7. The molecule has 0 radical (unpaired) electrons. The second-order valence-corrected chi connectivity index (χ2v) is 8.65. The van der Waals surface area contributed by atoms with Gasteiger partial charge in [0.1, 0.15) is 5.65 Å². The van der Waals surface area contributed by atoms with Crippen LogP contribution in [0.2, 0.25) is 0 Å². The maximum Gasteiger partial charge on any atom is 0.219 e. The van der Waals surface area contributed by atoms with Crippen LogP contribution >= 0.6 is 0 Å². The van der Waals surface area contributed by atoms with Crippen LogP contribution in [0.5, 0.6) is 0 Å². The Balaban J connectivity index is 1.36. The molecule has 0 saturated carbocycles. The highest BCUT2D eigenvalue weighted by Gasteiger charge is 2.19. The zero-order valence-electron chi connectivity index (χ0n) is 18.9. The quantitative estimate of drug-likeness (QED) is 0.439. The molecule has 0 unspecified atom stereocenters. The Bertz CT molecular complexity index is 1500. The molecule has 0 spiro atoms. The standard InChI is InChI=1S/C27H24N6O/c1-18(34)32-8-10-33(11-9-32)22-6-2-4-19(12-22)21-13-24-23-14-25(20-5-3-7-28-15-20)29-17-26(23)31-27(24)30-16-21/h2-7,12-17H,8-11H2,1H3,(H,30,31). The second kappa shape index (κ2) is 8.26. The Morgan fingerprint density at radius 1 is 0.853 bits per heavy atom. The fourth-order valence-electron chi connectivity index (χ4n) is 4.67. The van der Waals surface area contributed by atoms with E-state index in [0.29, 0.717) is 0 Å². The summed E-state index contributed by atoms with van der Waals surface area (Å²) in [5, 5.41) is 2.16. The summed E-state index contributed by atoms with van der Waals surface area (Å²) in [6.07, 6.45) is 7.37. The average molecular weight is 449 g/mol. The van der Waals surface area contributed by atoms with Gasteiger partial charge in [-0.1, -0.05) is 12.1 Å². The predicted molar refractivity (Wildman–Crippen MR) is 135 cm³/mol. The molecule has 0 bridgehead atoms. The number of H-pyrrole nitrogens is 1. The molecule has 34 heavy (non-hydrogen) atoms. The van der Waals surface area contributed by atoms with E-state index < -0.39 is 0 Å². The molecule has 1 aliphatic heterocycles. The van der Waals surface area contributed by atoms with Crippen LogP contribution < -0.4 is 4.90 Å². The zero-order valence-corrected chi connectivity index (χ0v) is 18.9. The normalized spacial score (nSPS) is 14.1. The van der Waals surface area contributed by atoms with Gasteiger partial charge in [0.05, 0.1) is 17.4 Å². The van der Waals surface area contributed by atoms with E-state index in [9.17, 15) is 4.79 Å². The monoisotopic (exact) mass is 448 g/mol. The number of benzene rings is 1. The molecule has 1 N–H and O–H groups in total. The van der Waals surface area contributed by atoms with E-state index in [2.05, 4.69) is 56.3 Å². The summed E-state index contributed by atoms with van der Waals surface area (Å²) in [6.45, 7) is 4.84. The molecule has 1 aromatic carbocycles. The van der Waals surface area contributed by atoms with Gasteiger partial charge in [0.2, 0.25) is 5.91 Å². The topological polar surface area (TPSA) is 78.0 Å². The van der Waals surface area contributed by atoms with Crippen LogP contribution in [0.1, 0.15) is 6.92 Å². The highest BCUT2D eigenvalue weighted by Crippen LogP contribution is 2.32. The molecule has 0 aliphatic carbocycles. The summed E-state index contributed by atoms with van der Waals surface area (Å²) in [5.74, 6) is 0.147. The number of hydrogen-bond donors (Lipinski definition) is 1. The number of hydrogen-bond acceptors (Lipinski definition) is 5. The number of piperazine rings is 1. The van der Waals surface area contributed by atoms with Crippen LogP contribution in [0.3, 0.4) is 0 Å². The van der Waals surface area contributed by atoms with Crippen LogP contribution in [0.25, 0.3) is 44.3 Å². The maximum absolute atomic E-state index is 11.7. The molecule has 1 aliphatic rings. The molecule has 7 nitrogen and oxygen atoms in total. The lowest BCUT2D eigenvalue weighted by Gasteiger charge is -2.35. The van der Waals surface area contributed by atoms with E-state index in [1.807, 2.05) is 35.6 Å². The molecule has 4 aromatic heterocycles. The van der Waals surface area contributed by atoms with Crippen molar-refractivity contribution in [1.82, 2.24) is 24.8 Å². The number of fused-ring (bicyclic) bond motifs is 3. The number of nitrogens with zero attached hydrogens (tertiary/aromatic N) is 5. The van der Waals surface area contributed by atoms with E-state index in [4.69, 9.17) is 4.98 Å². The molecule has 168 valence electrons. The number of amides is 1. The third-order valence-corrected chi connectivity index (χ3v) is 6.56. The van der Waals surface area contributed by atoms with Gasteiger partial charge < -0.3 is 14.8 Å². The number of aromatic nitrogens is 4. The van der Waals surface area contributed by atoms with Gasteiger partial charge in [-0.3, -0.25) is 14.8 Å². The number of nitrogens with one attached hydrogen (secondary N) is 1. The van der Waals surface area contributed by atoms with E-state index in [1.165, 1.54) is 5.69 Å². The predicted octanol–water partition coefficient (Wildman–Crippen LogP) is 4.51. The lowest BCUT2D eigenvalue weighted by atomic mass is 10.0. The third kappa shape index (κ3) is 3.65. The Hall–Kier alpha value is -4.26. The van der Waals surface area contributed by atoms with Gasteiger partial charge in [-0.15, -0.1) is 0 Å². The largest absolute Gasteiger partial charge is 0.368 e. The van der Waals surface area contributed by atoms with Gasteiger partial charge in [0.15, 0.2) is 0 Å². The average Bonchev–Trinajstić information content (AvgIpc) is 3.26. The van der Waals surface area contributed by atoms with Crippen LogP contribution in [0.4, 0.5) is 5.69 Å². The van der Waals surface area contributed by atoms with Crippen molar-refractivity contribution in [3.8, 4) is 22.4 Å². The summed E-state index contributed by atoms with van der Waals surface area (Å²) in [6, 6.07) is 16.8. The van der Waals surface area contributed by atoms with Crippen molar-refractivity contribution in [3.05, 3.63) is 73.3 Å². The van der Waals surface area contributed by atoms with E-state index in [-0.39, 0.29) is 5.91 Å². The third-order valence-electron chi connectivity index (χ3n) is 6.56. The molecular formula is C27H24N6O. The molecule has 7 heteroatoms. The molecular weight excluding hydrogens is 424 g/mol. The fraction of sp³-hybridized carbons (Fsp3) is 0.185. The van der Waals surface area contributed by atoms with Crippen molar-refractivity contribution in [2.75, 3.05) is 31.1 Å². The van der Waals surface area contributed by atoms with Crippen molar-refractivity contribution in [3.63, 3.8) is 0 Å². The van der Waals surface area contributed by atoms with Crippen molar-refractivity contribution in [2.24, 2.45) is 0 Å². The Kier molecular flexibility index (Phi) is 4.95. The van der Waals surface area contributed by atoms with E-state index >= 15 is 0 Å². The number of aromatic amines is 1. The van der Waals surface area contributed by atoms with Crippen LogP contribution in [-0.4, -0.2) is 56.9 Å². The molecule has 0 atom stereocenters. The Morgan fingerprint density at radius 2 is 1.71 bits per heavy atom. The first-order valence-electron chi connectivity index (χ1n) is 11.4. The van der Waals surface area contributed by atoms with Crippen molar-refractivity contribution < 1.29 is 4.79 Å². The molecule has 1 saturated heterocycles. The SMILES string of the molecule is CC(=O)N1CCN(c2cccc(-c3cnc4[nH]c5cnc(-c6cccnc6)cc5c4c3)c2)CC1. The summed E-state index contributed by atoms with van der Waals surface area (Å²) in [7, 11) is 0. The van der Waals surface area contributed by atoms with Crippen molar-refractivity contribution in [2.45, 2.75) is 6.92 Å². The molecule has 5 heterocycles. The minimum atomic E-state index is 0.147. The maximum atomic E-state index is 11.7. The van der Waals surface area contributed by atoms with E-state index in [0.717, 1.165) is 70.5 Å². The summed E-state index contributed by atoms with van der Waals surface area (Å²) in [4.78, 5) is 32.8. The van der Waals surface area contributed by atoms with Gasteiger partial charge in [-0.2, -0.15) is 0 Å². The van der Waals surface area contributed by atoms with Crippen LogP contribution in [0.15, 0.2) is 73.3 Å². The first-order valence-corrected chi connectivity index (χ1v) is 11.4. The minimum absolute atomic E-state index is 0.147. The van der Waals surface area contributed by atoms with Gasteiger partial charge in [0.25, 0.3) is 0 Å². The fourth-order valence-corrected chi connectivity index (χ4v) is 4.67. The highest BCUT2D eigenvalue weighted by molar-refractivity contribution is 6.07. The lowest BCUT2D eigenvalue weighted by molar-refractivity contribution is -0.129. The van der Waals surface area contributed by atoms with Gasteiger partial charge in [-0.05, 0) is 42.0 Å². The van der Waals surface area contributed by atoms with Crippen molar-refractivity contribution >= 4 is 33.5 Å². The van der Waals surface area contributed by atoms with E-state index in [1.54, 1.807) is 13.1 Å². The zero-order chi connectivity index (χ0) is 23.1. The van der Waals surface area contributed by atoms with Crippen LogP contribution in [0, 0.1) is 0 Å². The molecule has 1 fully saturated rings. The Labute approximate surface area is 197 Å². The van der Waals surface area contributed by atoms with Gasteiger partial charge >= 0.3 is 0 Å². The van der Waals surface area contributed by atoms with Gasteiger partial charge in [0, 0.05) is 79.3 Å². The van der Waals surface area contributed by atoms with Crippen molar-refractivity contribution in [1.29, 1.82) is 0 Å². The molecule has 1 amide bonds. The first kappa shape index (κ1) is 20.4. The number of rotatable bonds is 3. The number of pyridine rings is 3. The Morgan fingerprint density at radius 3 is 2.50 bits per heavy atom. The van der Waals surface area contributed by atoms with Gasteiger partial charge in [-0.25, -0.2) is 4.98 Å². The number of anilines is 1. The minimum Gasteiger partial charge on any atom is -0.368 e. The number of carbonyl (C=O) groups is 1. The number of carbonyl (C=O) groups excluding carboxylic acids is 1. The lowest BCUT2D eigenvalue weighted by Crippen LogP contribution is -2.48. The smallest absolute Gasteiger partial charge is 0.219 e. The summed E-state index contributed by atoms with van der Waals surface area (Å²) < 4.78 is 0. The second-order valence-electron chi connectivity index (χ2n) is 8.65. The van der Waals surface area contributed by atoms with Crippen LogP contribution in [-0.2, 0) is 4.79 Å². The molecule has 6 rings (SSSR count). The summed E-state index contributed by atoms with van der Waals surface area (Å²) >= 11 is 0. The highest BCUT2D eigenvalue weighted by atomic mass is 16.2. The summed E-state index contributed by atoms with van der Waals surface area (Å²) in [5.41, 5.74) is 7.04.